The molecule has 170 valence electrons. The molecular formula is C24H19N5O5. The van der Waals surface area contributed by atoms with E-state index in [1.807, 2.05) is 12.1 Å². The smallest absolute Gasteiger partial charge is 0.311 e. The van der Waals surface area contributed by atoms with Gasteiger partial charge in [0.25, 0.3) is 5.89 Å². The minimum atomic E-state index is -0.464. The molecule has 1 fully saturated rings. The molecule has 1 aliphatic carbocycles. The molecule has 2 aromatic carbocycles. The molecule has 10 heteroatoms. The van der Waals surface area contributed by atoms with Gasteiger partial charge in [0.15, 0.2) is 5.82 Å². The average Bonchev–Trinajstić information content (AvgIpc) is 3.45. The Kier molecular flexibility index (Phi) is 4.73. The Morgan fingerprint density at radius 2 is 2.06 bits per heavy atom. The summed E-state index contributed by atoms with van der Waals surface area (Å²) in [5.74, 6) is 2.07. The second-order valence-electron chi connectivity index (χ2n) is 8.20. The van der Waals surface area contributed by atoms with Crippen molar-refractivity contribution in [3.05, 3.63) is 70.2 Å². The standard InChI is InChI=1S/C24H19N5O5/c1-32-12-16-21-15-10-14(33-20-5-3-2-4-19(20)29(30)31)8-9-17(15)26-18(21)11-25-22(16)24-27-23(28-34-24)13-6-7-13/h2-5,8-11,13,26H,6-7,12H2,1H3. The maximum atomic E-state index is 11.4. The lowest BCUT2D eigenvalue weighted by molar-refractivity contribution is -0.385. The highest BCUT2D eigenvalue weighted by Crippen LogP contribution is 2.40. The molecule has 0 unspecified atom stereocenters. The first-order valence-corrected chi connectivity index (χ1v) is 10.8. The van der Waals surface area contributed by atoms with Crippen molar-refractivity contribution in [1.29, 1.82) is 0 Å². The first-order chi connectivity index (χ1) is 16.6. The summed E-state index contributed by atoms with van der Waals surface area (Å²) in [7, 11) is 1.62. The highest BCUT2D eigenvalue weighted by molar-refractivity contribution is 6.10. The van der Waals surface area contributed by atoms with Crippen molar-refractivity contribution >= 4 is 27.5 Å². The fourth-order valence-electron chi connectivity index (χ4n) is 4.13. The van der Waals surface area contributed by atoms with Crippen LogP contribution in [0.4, 0.5) is 5.69 Å². The van der Waals surface area contributed by atoms with Gasteiger partial charge in [0.2, 0.25) is 5.75 Å². The van der Waals surface area contributed by atoms with Gasteiger partial charge in [0, 0.05) is 40.9 Å². The summed E-state index contributed by atoms with van der Waals surface area (Å²) in [4.78, 5) is 23.4. The number of hydrogen-bond donors (Lipinski definition) is 1. The molecule has 0 radical (unpaired) electrons. The van der Waals surface area contributed by atoms with E-state index in [-0.39, 0.29) is 18.0 Å². The van der Waals surface area contributed by atoms with Gasteiger partial charge in [-0.2, -0.15) is 4.98 Å². The van der Waals surface area contributed by atoms with Gasteiger partial charge in [-0.3, -0.25) is 10.1 Å². The van der Waals surface area contributed by atoms with E-state index in [2.05, 4.69) is 20.1 Å². The van der Waals surface area contributed by atoms with E-state index in [0.29, 0.717) is 29.1 Å². The van der Waals surface area contributed by atoms with Gasteiger partial charge < -0.3 is 19.0 Å². The zero-order valence-electron chi connectivity index (χ0n) is 18.1. The monoisotopic (exact) mass is 457 g/mol. The number of nitrogens with one attached hydrogen (secondary N) is 1. The van der Waals surface area contributed by atoms with Crippen molar-refractivity contribution < 1.29 is 18.9 Å². The molecule has 0 amide bonds. The van der Waals surface area contributed by atoms with Crippen molar-refractivity contribution in [2.24, 2.45) is 0 Å². The minimum absolute atomic E-state index is 0.101. The third kappa shape index (κ3) is 3.44. The van der Waals surface area contributed by atoms with Gasteiger partial charge in [-0.15, -0.1) is 0 Å². The topological polar surface area (TPSA) is 129 Å². The molecule has 1 aliphatic rings. The number of para-hydroxylation sites is 2. The lowest BCUT2D eigenvalue weighted by Crippen LogP contribution is -1.97. The molecule has 3 aromatic heterocycles. The fourth-order valence-corrected chi connectivity index (χ4v) is 4.13. The number of aromatic nitrogens is 4. The SMILES string of the molecule is COCc1c(-c2nc(C3CC3)no2)ncc2[nH]c3ccc(Oc4ccccc4[N+](=O)[O-])cc3c12. The predicted octanol–water partition coefficient (Wildman–Crippen LogP) is 5.49. The molecule has 6 rings (SSSR count). The van der Waals surface area contributed by atoms with E-state index in [1.54, 1.807) is 37.6 Å². The molecular weight excluding hydrogens is 438 g/mol. The highest BCUT2D eigenvalue weighted by atomic mass is 16.6. The summed E-state index contributed by atoms with van der Waals surface area (Å²) in [5, 5.41) is 17.2. The summed E-state index contributed by atoms with van der Waals surface area (Å²) in [6.07, 6.45) is 3.87. The van der Waals surface area contributed by atoms with Gasteiger partial charge in [-0.05, 0) is 37.1 Å². The molecule has 34 heavy (non-hydrogen) atoms. The Labute approximate surface area is 192 Å². The number of benzene rings is 2. The van der Waals surface area contributed by atoms with Crippen LogP contribution in [0.15, 0.2) is 53.2 Å². The first-order valence-electron chi connectivity index (χ1n) is 10.8. The number of aromatic amines is 1. The van der Waals surface area contributed by atoms with Gasteiger partial charge in [-0.1, -0.05) is 17.3 Å². The summed E-state index contributed by atoms with van der Waals surface area (Å²) < 4.78 is 16.9. The van der Waals surface area contributed by atoms with Crippen LogP contribution in [0.1, 0.15) is 30.1 Å². The number of ether oxygens (including phenoxy) is 2. The Balaban J connectivity index is 1.49. The van der Waals surface area contributed by atoms with Gasteiger partial charge in [-0.25, -0.2) is 4.98 Å². The number of nitro groups is 1. The van der Waals surface area contributed by atoms with E-state index in [4.69, 9.17) is 14.0 Å². The molecule has 0 atom stereocenters. The highest BCUT2D eigenvalue weighted by Gasteiger charge is 2.30. The second-order valence-corrected chi connectivity index (χ2v) is 8.20. The summed E-state index contributed by atoms with van der Waals surface area (Å²) >= 11 is 0. The number of rotatable bonds is 7. The van der Waals surface area contributed by atoms with Crippen LogP contribution in [0.3, 0.4) is 0 Å². The number of fused-ring (bicyclic) bond motifs is 3. The molecule has 0 spiro atoms. The van der Waals surface area contributed by atoms with Crippen LogP contribution in [0.2, 0.25) is 0 Å². The summed E-state index contributed by atoms with van der Waals surface area (Å²) in [6, 6.07) is 11.8. The van der Waals surface area contributed by atoms with E-state index < -0.39 is 4.92 Å². The molecule has 1 N–H and O–H groups in total. The lowest BCUT2D eigenvalue weighted by Gasteiger charge is -2.08. The van der Waals surface area contributed by atoms with Gasteiger partial charge in [0.05, 0.1) is 23.2 Å². The normalized spacial score (nSPS) is 13.6. The Morgan fingerprint density at radius 3 is 2.85 bits per heavy atom. The maximum absolute atomic E-state index is 11.4. The molecule has 0 saturated heterocycles. The molecule has 10 nitrogen and oxygen atoms in total. The number of H-pyrrole nitrogens is 1. The summed E-state index contributed by atoms with van der Waals surface area (Å²) in [5.41, 5.74) is 2.96. The number of hydrogen-bond acceptors (Lipinski definition) is 8. The lowest BCUT2D eigenvalue weighted by atomic mass is 10.1. The van der Waals surface area contributed by atoms with Crippen molar-refractivity contribution in [3.8, 4) is 23.1 Å². The molecule has 5 aromatic rings. The third-order valence-electron chi connectivity index (χ3n) is 5.87. The van der Waals surface area contributed by atoms with Crippen LogP contribution in [-0.4, -0.2) is 32.1 Å². The largest absolute Gasteiger partial charge is 0.450 e. The molecule has 0 bridgehead atoms. The number of nitrogens with zero attached hydrogens (tertiary/aromatic N) is 4. The third-order valence-corrected chi connectivity index (χ3v) is 5.87. The van der Waals surface area contributed by atoms with Crippen molar-refractivity contribution in [2.45, 2.75) is 25.4 Å². The van der Waals surface area contributed by atoms with Crippen LogP contribution in [-0.2, 0) is 11.3 Å². The Hall–Kier alpha value is -4.31. The predicted molar refractivity (Wildman–Crippen MR) is 123 cm³/mol. The first kappa shape index (κ1) is 20.3. The van der Waals surface area contributed by atoms with Crippen molar-refractivity contribution in [3.63, 3.8) is 0 Å². The zero-order chi connectivity index (χ0) is 23.2. The quantitative estimate of drug-likeness (QED) is 0.251. The second kappa shape index (κ2) is 7.92. The van der Waals surface area contributed by atoms with E-state index in [9.17, 15) is 10.1 Å². The van der Waals surface area contributed by atoms with Crippen LogP contribution < -0.4 is 4.74 Å². The fraction of sp³-hybridized carbons (Fsp3) is 0.208. The van der Waals surface area contributed by atoms with Crippen molar-refractivity contribution in [1.82, 2.24) is 20.1 Å². The van der Waals surface area contributed by atoms with E-state index >= 15 is 0 Å². The van der Waals surface area contributed by atoms with Crippen LogP contribution in [0.5, 0.6) is 11.5 Å². The van der Waals surface area contributed by atoms with Crippen LogP contribution in [0, 0.1) is 10.1 Å². The Morgan fingerprint density at radius 1 is 1.21 bits per heavy atom. The van der Waals surface area contributed by atoms with Crippen LogP contribution >= 0.6 is 0 Å². The maximum Gasteiger partial charge on any atom is 0.311 e. The van der Waals surface area contributed by atoms with E-state index in [0.717, 1.165) is 40.2 Å². The van der Waals surface area contributed by atoms with Gasteiger partial charge in [0.1, 0.15) is 11.4 Å². The number of pyridine rings is 1. The van der Waals surface area contributed by atoms with Crippen molar-refractivity contribution in [2.75, 3.05) is 7.11 Å². The summed E-state index contributed by atoms with van der Waals surface area (Å²) in [6.45, 7) is 0.281. The molecule has 1 saturated carbocycles. The van der Waals surface area contributed by atoms with Crippen LogP contribution in [0.25, 0.3) is 33.4 Å². The Bertz CT molecular complexity index is 1550. The average molecular weight is 457 g/mol. The van der Waals surface area contributed by atoms with E-state index in [1.165, 1.54) is 6.07 Å². The number of nitro benzene ring substituents is 1. The molecule has 3 heterocycles. The minimum Gasteiger partial charge on any atom is -0.450 e. The molecule has 0 aliphatic heterocycles. The number of methoxy groups -OCH3 is 1. The van der Waals surface area contributed by atoms with Gasteiger partial charge >= 0.3 is 5.69 Å². The zero-order valence-corrected chi connectivity index (χ0v) is 18.1.